The van der Waals surface area contributed by atoms with Crippen LogP contribution < -0.4 is 10.6 Å². The lowest BCUT2D eigenvalue weighted by molar-refractivity contribution is 0.166. The third-order valence-electron chi connectivity index (χ3n) is 4.20. The van der Waals surface area contributed by atoms with Gasteiger partial charge in [-0.05, 0) is 52.1 Å². The minimum absolute atomic E-state index is 0.0143. The minimum Gasteiger partial charge on any atom is -0.338 e. The zero-order valence-electron chi connectivity index (χ0n) is 12.0. The fourth-order valence-electron chi connectivity index (χ4n) is 2.91. The van der Waals surface area contributed by atoms with E-state index in [1.54, 1.807) is 0 Å². The van der Waals surface area contributed by atoms with Gasteiger partial charge in [0.2, 0.25) is 0 Å². The van der Waals surface area contributed by atoms with Crippen molar-refractivity contribution in [3.63, 3.8) is 0 Å². The van der Waals surface area contributed by atoms with Gasteiger partial charge in [-0.25, -0.2) is 4.79 Å². The molecule has 1 atom stereocenters. The Morgan fingerprint density at radius 1 is 1.26 bits per heavy atom. The molecule has 0 aromatic rings. The first-order valence-corrected chi connectivity index (χ1v) is 7.69. The molecule has 1 heterocycles. The van der Waals surface area contributed by atoms with E-state index in [1.807, 2.05) is 0 Å². The van der Waals surface area contributed by atoms with Crippen molar-refractivity contribution < 1.29 is 4.79 Å². The summed E-state index contributed by atoms with van der Waals surface area (Å²) in [7, 11) is 0. The van der Waals surface area contributed by atoms with Gasteiger partial charge >= 0.3 is 6.03 Å². The van der Waals surface area contributed by atoms with E-state index in [2.05, 4.69) is 34.6 Å². The van der Waals surface area contributed by atoms with Gasteiger partial charge in [0.15, 0.2) is 0 Å². The molecular weight excluding hydrogens is 238 g/mol. The lowest BCUT2D eigenvalue weighted by Crippen LogP contribution is -2.43. The Morgan fingerprint density at radius 2 is 1.95 bits per heavy atom. The first kappa shape index (κ1) is 14.4. The number of carbonyl (C=O) groups excluding carboxylic acids is 1. The van der Waals surface area contributed by atoms with E-state index >= 15 is 0 Å². The number of carbonyl (C=O) groups is 1. The van der Waals surface area contributed by atoms with E-state index in [0.717, 1.165) is 25.8 Å². The van der Waals surface area contributed by atoms with E-state index in [4.69, 9.17) is 0 Å². The molecule has 2 rings (SSSR count). The van der Waals surface area contributed by atoms with Gasteiger partial charge in [-0.2, -0.15) is 0 Å². The van der Waals surface area contributed by atoms with E-state index in [1.165, 1.54) is 32.4 Å². The van der Waals surface area contributed by atoms with Crippen LogP contribution >= 0.6 is 0 Å². The Balaban J connectivity index is 1.56. The lowest BCUT2D eigenvalue weighted by atomic mass is 10.1. The monoisotopic (exact) mass is 265 g/mol. The number of nitrogens with one attached hydrogen (secondary N) is 2. The number of amides is 2. The molecule has 4 nitrogen and oxygen atoms in total. The summed E-state index contributed by atoms with van der Waals surface area (Å²) in [5.74, 6) is 0. The van der Waals surface area contributed by atoms with Crippen LogP contribution in [0.3, 0.4) is 0 Å². The highest BCUT2D eigenvalue weighted by Crippen LogP contribution is 2.13. The maximum atomic E-state index is 11.7. The largest absolute Gasteiger partial charge is 0.338 e. The van der Waals surface area contributed by atoms with Crippen LogP contribution in [0, 0.1) is 0 Å². The molecule has 0 aromatic heterocycles. The normalized spacial score (nSPS) is 22.4. The summed E-state index contributed by atoms with van der Waals surface area (Å²) in [6, 6.07) is 0.868. The molecule has 4 heteroatoms. The van der Waals surface area contributed by atoms with Crippen LogP contribution in [-0.2, 0) is 0 Å². The summed E-state index contributed by atoms with van der Waals surface area (Å²) in [4.78, 5) is 14.2. The second-order valence-corrected chi connectivity index (χ2v) is 5.77. The molecule has 0 radical (unpaired) electrons. The van der Waals surface area contributed by atoms with Gasteiger partial charge in [0.25, 0.3) is 0 Å². The molecule has 1 saturated heterocycles. The zero-order chi connectivity index (χ0) is 13.5. The molecule has 1 fully saturated rings. The van der Waals surface area contributed by atoms with Crippen molar-refractivity contribution in [2.75, 3.05) is 19.6 Å². The molecule has 0 bridgehead atoms. The zero-order valence-corrected chi connectivity index (χ0v) is 12.0. The average molecular weight is 265 g/mol. The summed E-state index contributed by atoms with van der Waals surface area (Å²) < 4.78 is 0. The maximum absolute atomic E-state index is 11.7. The molecule has 108 valence electrons. The number of hydrogen-bond acceptors (Lipinski definition) is 2. The highest BCUT2D eigenvalue weighted by atomic mass is 16.2. The molecule has 0 aromatic carbocycles. The van der Waals surface area contributed by atoms with Gasteiger partial charge in [0, 0.05) is 18.6 Å². The van der Waals surface area contributed by atoms with Crippen LogP contribution in [0.15, 0.2) is 12.2 Å². The fourth-order valence-corrected chi connectivity index (χ4v) is 2.91. The van der Waals surface area contributed by atoms with Crippen molar-refractivity contribution >= 4 is 6.03 Å². The summed E-state index contributed by atoms with van der Waals surface area (Å²) in [5, 5.41) is 5.98. The van der Waals surface area contributed by atoms with Crippen LogP contribution in [0.25, 0.3) is 0 Å². The first-order chi connectivity index (χ1) is 9.25. The second-order valence-electron chi connectivity index (χ2n) is 5.77. The Morgan fingerprint density at radius 3 is 2.63 bits per heavy atom. The average Bonchev–Trinajstić information content (AvgIpc) is 2.92. The van der Waals surface area contributed by atoms with E-state index in [0.29, 0.717) is 12.1 Å². The van der Waals surface area contributed by atoms with E-state index in [9.17, 15) is 4.79 Å². The van der Waals surface area contributed by atoms with E-state index < -0.39 is 0 Å². The van der Waals surface area contributed by atoms with Crippen molar-refractivity contribution in [3.05, 3.63) is 12.2 Å². The molecule has 0 unspecified atom stereocenters. The number of hydrogen-bond donors (Lipinski definition) is 2. The molecule has 19 heavy (non-hydrogen) atoms. The smallest absolute Gasteiger partial charge is 0.315 e. The van der Waals surface area contributed by atoms with Gasteiger partial charge in [-0.3, -0.25) is 0 Å². The fraction of sp³-hybridized carbons (Fsp3) is 0.800. The van der Waals surface area contributed by atoms with Crippen molar-refractivity contribution in [2.24, 2.45) is 0 Å². The summed E-state index contributed by atoms with van der Waals surface area (Å²) in [6.45, 7) is 5.48. The molecule has 2 aliphatic rings. The number of likely N-dealkylation sites (tertiary alicyclic amines) is 1. The predicted octanol–water partition coefficient (Wildman–Crippen LogP) is 2.27. The van der Waals surface area contributed by atoms with Gasteiger partial charge in [-0.1, -0.05) is 18.6 Å². The molecule has 0 spiro atoms. The Labute approximate surface area is 116 Å². The lowest BCUT2D eigenvalue weighted by Gasteiger charge is -2.32. The van der Waals surface area contributed by atoms with Gasteiger partial charge in [0.05, 0.1) is 0 Å². The van der Waals surface area contributed by atoms with Gasteiger partial charge in [-0.15, -0.1) is 0 Å². The molecule has 1 aliphatic heterocycles. The quantitative estimate of drug-likeness (QED) is 0.749. The molecule has 2 amide bonds. The van der Waals surface area contributed by atoms with Crippen LogP contribution in [0.2, 0.25) is 0 Å². The Kier molecular flexibility index (Phi) is 5.70. The molecular formula is C15H27N3O. The SMILES string of the molecule is C[C@@H](CCNC(=O)NC1CC=CC1)N1CCCCC1. The molecule has 0 saturated carbocycles. The summed E-state index contributed by atoms with van der Waals surface area (Å²) in [6.07, 6.45) is 11.3. The number of nitrogens with zero attached hydrogens (tertiary/aromatic N) is 1. The number of rotatable bonds is 5. The second kappa shape index (κ2) is 7.53. The molecule has 2 N–H and O–H groups in total. The maximum Gasteiger partial charge on any atom is 0.315 e. The van der Waals surface area contributed by atoms with Crippen molar-refractivity contribution in [1.82, 2.24) is 15.5 Å². The summed E-state index contributed by atoms with van der Waals surface area (Å²) >= 11 is 0. The number of urea groups is 1. The predicted molar refractivity (Wildman–Crippen MR) is 78.2 cm³/mol. The van der Waals surface area contributed by atoms with Crippen LogP contribution in [0.1, 0.15) is 45.4 Å². The van der Waals surface area contributed by atoms with Gasteiger partial charge < -0.3 is 15.5 Å². The van der Waals surface area contributed by atoms with Crippen molar-refractivity contribution in [1.29, 1.82) is 0 Å². The first-order valence-electron chi connectivity index (χ1n) is 7.69. The van der Waals surface area contributed by atoms with Crippen LogP contribution in [-0.4, -0.2) is 42.6 Å². The topological polar surface area (TPSA) is 44.4 Å². The van der Waals surface area contributed by atoms with E-state index in [-0.39, 0.29) is 6.03 Å². The highest BCUT2D eigenvalue weighted by Gasteiger charge is 2.17. The van der Waals surface area contributed by atoms with Crippen LogP contribution in [0.4, 0.5) is 4.79 Å². The summed E-state index contributed by atoms with van der Waals surface area (Å²) in [5.41, 5.74) is 0. The number of piperidine rings is 1. The van der Waals surface area contributed by atoms with Crippen LogP contribution in [0.5, 0.6) is 0 Å². The third-order valence-corrected chi connectivity index (χ3v) is 4.20. The highest BCUT2D eigenvalue weighted by molar-refractivity contribution is 5.74. The Hall–Kier alpha value is -1.03. The van der Waals surface area contributed by atoms with Gasteiger partial charge in [0.1, 0.15) is 0 Å². The molecule has 1 aliphatic carbocycles. The standard InChI is InChI=1S/C15H27N3O/c1-13(18-11-5-2-6-12-18)9-10-16-15(19)17-14-7-3-4-8-14/h3-4,13-14H,2,5-12H2,1H3,(H2,16,17,19)/t13-/m0/s1. The third kappa shape index (κ3) is 4.86. The minimum atomic E-state index is -0.0143. The van der Waals surface area contributed by atoms with Crippen molar-refractivity contribution in [3.8, 4) is 0 Å². The van der Waals surface area contributed by atoms with Crippen molar-refractivity contribution in [2.45, 2.75) is 57.5 Å². The Bertz CT molecular complexity index is 303.